The van der Waals surface area contributed by atoms with E-state index in [9.17, 15) is 31.2 Å². The Morgan fingerprint density at radius 2 is 1.92 bits per heavy atom. The van der Waals surface area contributed by atoms with Crippen LogP contribution in [0.2, 0.25) is 0 Å². The molecule has 0 spiro atoms. The van der Waals surface area contributed by atoms with Crippen LogP contribution in [0.25, 0.3) is 11.3 Å². The summed E-state index contributed by atoms with van der Waals surface area (Å²) in [6.07, 6.45) is 2.66. The molecule has 2 aromatic rings. The number of hydrogen-bond acceptors (Lipinski definition) is 8. The zero-order valence-electron chi connectivity index (χ0n) is 20.0. The van der Waals surface area contributed by atoms with Gasteiger partial charge in [0.2, 0.25) is 0 Å². The van der Waals surface area contributed by atoms with Crippen LogP contribution in [0.5, 0.6) is 5.75 Å². The maximum absolute atomic E-state index is 13.1. The molecular formula is C23H25F3N2O7S. The van der Waals surface area contributed by atoms with E-state index < -0.39 is 44.4 Å². The highest BCUT2D eigenvalue weighted by Gasteiger charge is 2.50. The lowest BCUT2D eigenvalue weighted by Crippen LogP contribution is -2.50. The molecule has 9 nitrogen and oxygen atoms in total. The van der Waals surface area contributed by atoms with Crippen LogP contribution in [-0.4, -0.2) is 43.8 Å². The highest BCUT2D eigenvalue weighted by Crippen LogP contribution is 2.49. The molecule has 0 N–H and O–H groups in total. The first-order valence-corrected chi connectivity index (χ1v) is 12.5. The van der Waals surface area contributed by atoms with Gasteiger partial charge in [-0.3, -0.25) is 14.5 Å². The first kappa shape index (κ1) is 26.0. The van der Waals surface area contributed by atoms with E-state index in [1.165, 1.54) is 31.5 Å². The zero-order chi connectivity index (χ0) is 26.6. The molecule has 0 radical (unpaired) electrons. The second-order valence-electron chi connectivity index (χ2n) is 9.18. The van der Waals surface area contributed by atoms with Crippen molar-refractivity contribution >= 4 is 16.1 Å². The highest BCUT2D eigenvalue weighted by atomic mass is 32.2. The van der Waals surface area contributed by atoms with Gasteiger partial charge in [-0.15, -0.1) is 0 Å². The van der Waals surface area contributed by atoms with Crippen LogP contribution in [0.3, 0.4) is 0 Å². The Hall–Kier alpha value is -3.06. The monoisotopic (exact) mass is 530 g/mol. The molecule has 0 aliphatic carbocycles. The summed E-state index contributed by atoms with van der Waals surface area (Å²) in [5.41, 5.74) is -5.41. The molecule has 2 aliphatic heterocycles. The SMILES string of the molecule is CCOC(=O)c1cn2c(cc1=O)-c1cc(COC)c(OS(=O)(=O)C(F)(F)F)cc1[C@H]1CCC(C)(C)N12. The van der Waals surface area contributed by atoms with E-state index in [1.807, 2.05) is 18.9 Å². The molecule has 1 atom stereocenters. The van der Waals surface area contributed by atoms with Crippen molar-refractivity contribution in [3.63, 3.8) is 0 Å². The Balaban J connectivity index is 1.97. The summed E-state index contributed by atoms with van der Waals surface area (Å²) in [6.45, 7) is 5.37. The Bertz CT molecular complexity index is 1380. The minimum atomic E-state index is -5.93. The number of aromatic nitrogens is 1. The molecule has 2 aliphatic rings. The maximum Gasteiger partial charge on any atom is 0.534 e. The van der Waals surface area contributed by atoms with Crippen LogP contribution in [0, 0.1) is 0 Å². The number of hydrogen-bond donors (Lipinski definition) is 0. The van der Waals surface area contributed by atoms with Gasteiger partial charge in [0.05, 0.1) is 30.5 Å². The fraction of sp³-hybridized carbons (Fsp3) is 0.478. The molecule has 0 unspecified atom stereocenters. The van der Waals surface area contributed by atoms with Crippen LogP contribution in [0.1, 0.15) is 61.1 Å². The van der Waals surface area contributed by atoms with Gasteiger partial charge in [0.25, 0.3) is 0 Å². The number of carbonyl (C=O) groups is 1. The van der Waals surface area contributed by atoms with Crippen molar-refractivity contribution < 1.29 is 40.0 Å². The van der Waals surface area contributed by atoms with Gasteiger partial charge in [-0.1, -0.05) is 0 Å². The molecule has 0 saturated carbocycles. The Kier molecular flexibility index (Phi) is 6.36. The number of alkyl halides is 3. The molecule has 196 valence electrons. The average molecular weight is 531 g/mol. The van der Waals surface area contributed by atoms with Crippen molar-refractivity contribution in [1.29, 1.82) is 0 Å². The number of ether oxygens (including phenoxy) is 2. The first-order valence-electron chi connectivity index (χ1n) is 11.1. The number of fused-ring (bicyclic) bond motifs is 6. The van der Waals surface area contributed by atoms with Crippen molar-refractivity contribution in [3.8, 4) is 17.0 Å². The quantitative estimate of drug-likeness (QED) is 0.317. The third kappa shape index (κ3) is 4.23. The lowest BCUT2D eigenvalue weighted by molar-refractivity contribution is -0.0500. The number of benzene rings is 1. The summed E-state index contributed by atoms with van der Waals surface area (Å²) >= 11 is 0. The summed E-state index contributed by atoms with van der Waals surface area (Å²) in [6, 6.07) is 3.59. The van der Waals surface area contributed by atoms with Crippen LogP contribution >= 0.6 is 0 Å². The van der Waals surface area contributed by atoms with E-state index in [4.69, 9.17) is 9.47 Å². The highest BCUT2D eigenvalue weighted by molar-refractivity contribution is 7.88. The Labute approximate surface area is 205 Å². The van der Waals surface area contributed by atoms with Crippen LogP contribution < -0.4 is 14.6 Å². The van der Waals surface area contributed by atoms with E-state index >= 15 is 0 Å². The average Bonchev–Trinajstić information content (AvgIpc) is 3.09. The summed E-state index contributed by atoms with van der Waals surface area (Å²) in [7, 11) is -4.63. The van der Waals surface area contributed by atoms with Gasteiger partial charge in [0.15, 0.2) is 5.43 Å². The largest absolute Gasteiger partial charge is 0.534 e. The van der Waals surface area contributed by atoms with Gasteiger partial charge in [-0.05, 0) is 51.3 Å². The van der Waals surface area contributed by atoms with E-state index in [-0.39, 0.29) is 24.3 Å². The fourth-order valence-corrected chi connectivity index (χ4v) is 5.28. The smallest absolute Gasteiger partial charge is 0.462 e. The molecule has 0 bridgehead atoms. The molecule has 1 aromatic carbocycles. The molecule has 0 amide bonds. The maximum atomic E-state index is 13.1. The molecule has 1 saturated heterocycles. The second kappa shape index (κ2) is 8.80. The van der Waals surface area contributed by atoms with Crippen molar-refractivity contribution in [2.45, 2.75) is 57.3 Å². The molecule has 36 heavy (non-hydrogen) atoms. The van der Waals surface area contributed by atoms with Gasteiger partial charge in [-0.25, -0.2) is 4.79 Å². The third-order valence-corrected chi connectivity index (χ3v) is 7.32. The summed E-state index contributed by atoms with van der Waals surface area (Å²) < 4.78 is 79.1. The minimum Gasteiger partial charge on any atom is -0.462 e. The summed E-state index contributed by atoms with van der Waals surface area (Å²) in [4.78, 5) is 25.3. The molecular weight excluding hydrogens is 505 g/mol. The minimum absolute atomic E-state index is 0.0447. The number of methoxy groups -OCH3 is 1. The lowest BCUT2D eigenvalue weighted by Gasteiger charge is -2.44. The van der Waals surface area contributed by atoms with Gasteiger partial charge < -0.3 is 13.7 Å². The van der Waals surface area contributed by atoms with Gasteiger partial charge >= 0.3 is 21.6 Å². The first-order chi connectivity index (χ1) is 16.7. The van der Waals surface area contributed by atoms with Gasteiger partial charge in [-0.2, -0.15) is 21.6 Å². The van der Waals surface area contributed by atoms with Gasteiger partial charge in [0.1, 0.15) is 11.3 Å². The molecule has 3 heterocycles. The summed E-state index contributed by atoms with van der Waals surface area (Å²) in [5.74, 6) is -1.27. The zero-order valence-corrected chi connectivity index (χ0v) is 20.8. The number of pyridine rings is 1. The van der Waals surface area contributed by atoms with Gasteiger partial charge in [0, 0.05) is 30.5 Å². The van der Waals surface area contributed by atoms with E-state index in [0.29, 0.717) is 29.7 Å². The standard InChI is InChI=1S/C23H25F3N2O7S/c1-5-34-21(30)16-11-27-18(10-19(16)29)14-8-13(12-33-4)20(35-36(31,32)23(24,25)26)9-15(14)17-6-7-22(2,3)28(17)27/h8-11,17H,5-7,12H2,1-4H3/t17-/m1/s1. The number of rotatable bonds is 6. The van der Waals surface area contributed by atoms with Crippen molar-refractivity contribution in [1.82, 2.24) is 4.68 Å². The van der Waals surface area contributed by atoms with Crippen molar-refractivity contribution in [2.24, 2.45) is 0 Å². The molecule has 1 fully saturated rings. The third-order valence-electron chi connectivity index (χ3n) is 6.35. The van der Waals surface area contributed by atoms with Crippen molar-refractivity contribution in [2.75, 3.05) is 18.7 Å². The lowest BCUT2D eigenvalue weighted by atomic mass is 9.92. The second-order valence-corrected chi connectivity index (χ2v) is 10.7. The number of carbonyl (C=O) groups excluding carboxylic acids is 1. The topological polar surface area (TPSA) is 104 Å². The Morgan fingerprint density at radius 1 is 1.22 bits per heavy atom. The summed E-state index contributed by atoms with van der Waals surface area (Å²) in [5, 5.41) is 1.92. The molecule has 13 heteroatoms. The molecule has 4 rings (SSSR count). The normalized spacial score (nSPS) is 18.3. The van der Waals surface area contributed by atoms with Crippen LogP contribution in [0.4, 0.5) is 13.2 Å². The van der Waals surface area contributed by atoms with Crippen molar-refractivity contribution in [3.05, 3.63) is 51.3 Å². The fourth-order valence-electron chi connectivity index (χ4n) is 4.79. The molecule has 1 aromatic heterocycles. The number of nitrogens with zero attached hydrogens (tertiary/aromatic N) is 2. The van der Waals surface area contributed by atoms with E-state index in [2.05, 4.69) is 4.18 Å². The van der Waals surface area contributed by atoms with E-state index in [0.717, 1.165) is 0 Å². The predicted octanol–water partition coefficient (Wildman–Crippen LogP) is 3.63. The van der Waals surface area contributed by atoms with E-state index in [1.54, 1.807) is 11.6 Å². The van der Waals surface area contributed by atoms with Crippen LogP contribution in [-0.2, 0) is 26.2 Å². The van der Waals surface area contributed by atoms with Crippen LogP contribution in [0.15, 0.2) is 29.2 Å². The predicted molar refractivity (Wildman–Crippen MR) is 123 cm³/mol. The number of esters is 1. The number of halogens is 3. The Morgan fingerprint density at radius 3 is 2.53 bits per heavy atom.